The zero-order valence-corrected chi connectivity index (χ0v) is 10.3. The van der Waals surface area contributed by atoms with Crippen LogP contribution in [0.3, 0.4) is 0 Å². The van der Waals surface area contributed by atoms with Gasteiger partial charge in [-0.2, -0.15) is 0 Å². The van der Waals surface area contributed by atoms with Crippen molar-refractivity contribution in [2.75, 3.05) is 20.3 Å². The Labute approximate surface area is 102 Å². The summed E-state index contributed by atoms with van der Waals surface area (Å²) in [6.45, 7) is 3.88. The molecule has 0 aromatic heterocycles. The van der Waals surface area contributed by atoms with Gasteiger partial charge in [0.1, 0.15) is 0 Å². The van der Waals surface area contributed by atoms with Crippen molar-refractivity contribution in [1.82, 2.24) is 5.32 Å². The monoisotopic (exact) mass is 237 g/mol. The van der Waals surface area contributed by atoms with Crippen molar-refractivity contribution < 1.29 is 14.6 Å². The minimum absolute atomic E-state index is 0.464. The van der Waals surface area contributed by atoms with Gasteiger partial charge >= 0.3 is 5.97 Å². The van der Waals surface area contributed by atoms with Crippen molar-refractivity contribution in [2.45, 2.75) is 19.4 Å². The van der Waals surface area contributed by atoms with Crippen LogP contribution < -0.4 is 5.32 Å². The second kappa shape index (κ2) is 7.04. The fourth-order valence-electron chi connectivity index (χ4n) is 1.52. The van der Waals surface area contributed by atoms with Crippen molar-refractivity contribution in [1.29, 1.82) is 0 Å². The fraction of sp³-hybridized carbons (Fsp3) is 0.462. The Morgan fingerprint density at radius 2 is 2.29 bits per heavy atom. The van der Waals surface area contributed by atoms with Crippen LogP contribution in [-0.2, 0) is 16.1 Å². The Morgan fingerprint density at radius 1 is 1.53 bits per heavy atom. The molecule has 1 rings (SSSR count). The van der Waals surface area contributed by atoms with Gasteiger partial charge < -0.3 is 15.2 Å². The smallest absolute Gasteiger partial charge is 0.310 e. The summed E-state index contributed by atoms with van der Waals surface area (Å²) in [5.74, 6) is -1.26. The lowest BCUT2D eigenvalue weighted by atomic mass is 9.99. The molecule has 0 bridgehead atoms. The first-order valence-corrected chi connectivity index (χ1v) is 5.66. The van der Waals surface area contributed by atoms with Crippen LogP contribution in [0.5, 0.6) is 0 Å². The highest BCUT2D eigenvalue weighted by Gasteiger charge is 2.13. The molecule has 1 aromatic rings. The topological polar surface area (TPSA) is 58.6 Å². The fourth-order valence-corrected chi connectivity index (χ4v) is 1.52. The second-order valence-corrected chi connectivity index (χ2v) is 3.97. The number of carboxylic acid groups (broad SMARTS) is 1. The van der Waals surface area contributed by atoms with E-state index in [0.29, 0.717) is 6.61 Å². The molecule has 17 heavy (non-hydrogen) atoms. The summed E-state index contributed by atoms with van der Waals surface area (Å²) >= 11 is 0. The summed E-state index contributed by atoms with van der Waals surface area (Å²) in [5, 5.41) is 12.2. The van der Waals surface area contributed by atoms with E-state index in [-0.39, 0.29) is 0 Å². The highest BCUT2D eigenvalue weighted by molar-refractivity contribution is 5.75. The second-order valence-electron chi connectivity index (χ2n) is 3.97. The van der Waals surface area contributed by atoms with Crippen LogP contribution >= 0.6 is 0 Å². The van der Waals surface area contributed by atoms with E-state index in [2.05, 4.69) is 5.32 Å². The third-order valence-electron chi connectivity index (χ3n) is 2.63. The van der Waals surface area contributed by atoms with Gasteiger partial charge in [0.05, 0.1) is 12.5 Å². The normalized spacial score (nSPS) is 12.4. The van der Waals surface area contributed by atoms with Crippen LogP contribution in [0, 0.1) is 0 Å². The van der Waals surface area contributed by atoms with Crippen LogP contribution in [-0.4, -0.2) is 31.3 Å². The Bertz CT molecular complexity index is 365. The molecule has 0 aliphatic heterocycles. The molecular weight excluding hydrogens is 218 g/mol. The largest absolute Gasteiger partial charge is 0.481 e. The van der Waals surface area contributed by atoms with Crippen LogP contribution in [0.2, 0.25) is 0 Å². The maximum absolute atomic E-state index is 10.9. The third kappa shape index (κ3) is 4.54. The standard InChI is InChI=1S/C13H19NO3/c1-10(13(15)16)12-5-3-4-11(8-12)9-14-6-7-17-2/h3-5,8,10,14H,6-7,9H2,1-2H3,(H,15,16). The molecular formula is C13H19NO3. The number of carboxylic acids is 1. The van der Waals surface area contributed by atoms with Crippen LogP contribution in [0.4, 0.5) is 0 Å². The van der Waals surface area contributed by atoms with E-state index >= 15 is 0 Å². The van der Waals surface area contributed by atoms with E-state index in [9.17, 15) is 4.79 Å². The molecule has 1 unspecified atom stereocenters. The van der Waals surface area contributed by atoms with E-state index in [1.807, 2.05) is 24.3 Å². The first-order chi connectivity index (χ1) is 8.15. The van der Waals surface area contributed by atoms with Gasteiger partial charge in [0.15, 0.2) is 0 Å². The summed E-state index contributed by atoms with van der Waals surface area (Å²) in [7, 11) is 1.66. The number of nitrogens with one attached hydrogen (secondary N) is 1. The molecule has 0 radical (unpaired) electrons. The summed E-state index contributed by atoms with van der Waals surface area (Å²) < 4.78 is 4.93. The molecule has 0 amide bonds. The highest BCUT2D eigenvalue weighted by atomic mass is 16.5. The predicted molar refractivity (Wildman–Crippen MR) is 66.1 cm³/mol. The lowest BCUT2D eigenvalue weighted by Gasteiger charge is -2.09. The van der Waals surface area contributed by atoms with Crippen LogP contribution in [0.1, 0.15) is 24.0 Å². The molecule has 0 saturated carbocycles. The van der Waals surface area contributed by atoms with Crippen molar-refractivity contribution >= 4 is 5.97 Å². The average molecular weight is 237 g/mol. The quantitative estimate of drug-likeness (QED) is 0.707. The average Bonchev–Trinajstić information content (AvgIpc) is 2.34. The lowest BCUT2D eigenvalue weighted by molar-refractivity contribution is -0.138. The number of benzene rings is 1. The summed E-state index contributed by atoms with van der Waals surface area (Å²) in [5.41, 5.74) is 1.93. The summed E-state index contributed by atoms with van der Waals surface area (Å²) in [4.78, 5) is 10.9. The van der Waals surface area contributed by atoms with E-state index in [0.717, 1.165) is 24.2 Å². The number of methoxy groups -OCH3 is 1. The number of rotatable bonds is 7. The van der Waals surface area contributed by atoms with Gasteiger partial charge in [0, 0.05) is 20.2 Å². The van der Waals surface area contributed by atoms with Gasteiger partial charge in [-0.05, 0) is 18.1 Å². The third-order valence-corrected chi connectivity index (χ3v) is 2.63. The van der Waals surface area contributed by atoms with Gasteiger partial charge in [0.2, 0.25) is 0 Å². The maximum atomic E-state index is 10.9. The minimum atomic E-state index is -0.797. The Balaban J connectivity index is 2.56. The van der Waals surface area contributed by atoms with Crippen molar-refractivity contribution in [3.63, 3.8) is 0 Å². The molecule has 1 atom stereocenters. The summed E-state index contributed by atoms with van der Waals surface area (Å²) in [6, 6.07) is 7.65. The zero-order chi connectivity index (χ0) is 12.7. The number of hydrogen-bond donors (Lipinski definition) is 2. The number of carbonyl (C=O) groups is 1. The van der Waals surface area contributed by atoms with E-state index in [1.54, 1.807) is 14.0 Å². The van der Waals surface area contributed by atoms with E-state index in [1.165, 1.54) is 0 Å². The molecule has 94 valence electrons. The number of hydrogen-bond acceptors (Lipinski definition) is 3. The lowest BCUT2D eigenvalue weighted by Crippen LogP contribution is -2.18. The molecule has 0 spiro atoms. The number of ether oxygens (including phenoxy) is 1. The molecule has 0 fully saturated rings. The first-order valence-electron chi connectivity index (χ1n) is 5.66. The minimum Gasteiger partial charge on any atom is -0.481 e. The zero-order valence-electron chi connectivity index (χ0n) is 10.3. The molecule has 0 heterocycles. The van der Waals surface area contributed by atoms with Gasteiger partial charge in [-0.1, -0.05) is 24.3 Å². The molecule has 1 aromatic carbocycles. The first kappa shape index (κ1) is 13.7. The van der Waals surface area contributed by atoms with Gasteiger partial charge in [-0.25, -0.2) is 0 Å². The van der Waals surface area contributed by atoms with Crippen LogP contribution in [0.15, 0.2) is 24.3 Å². The predicted octanol–water partition coefficient (Wildman–Crippen LogP) is 1.61. The van der Waals surface area contributed by atoms with Crippen molar-refractivity contribution in [2.24, 2.45) is 0 Å². The Kier molecular flexibility index (Phi) is 5.66. The molecule has 0 aliphatic rings. The van der Waals surface area contributed by atoms with E-state index in [4.69, 9.17) is 9.84 Å². The molecule has 0 aliphatic carbocycles. The van der Waals surface area contributed by atoms with Crippen LogP contribution in [0.25, 0.3) is 0 Å². The molecule has 2 N–H and O–H groups in total. The summed E-state index contributed by atoms with van der Waals surface area (Å²) in [6.07, 6.45) is 0. The van der Waals surface area contributed by atoms with Gasteiger partial charge in [0.25, 0.3) is 0 Å². The van der Waals surface area contributed by atoms with E-state index < -0.39 is 11.9 Å². The maximum Gasteiger partial charge on any atom is 0.310 e. The molecule has 4 nitrogen and oxygen atoms in total. The molecule has 4 heteroatoms. The van der Waals surface area contributed by atoms with Gasteiger partial charge in [-0.15, -0.1) is 0 Å². The molecule has 0 saturated heterocycles. The SMILES string of the molecule is COCCNCc1cccc(C(C)C(=O)O)c1. The Hall–Kier alpha value is -1.39. The highest BCUT2D eigenvalue weighted by Crippen LogP contribution is 2.16. The van der Waals surface area contributed by atoms with Gasteiger partial charge in [-0.3, -0.25) is 4.79 Å². The van der Waals surface area contributed by atoms with Crippen molar-refractivity contribution in [3.05, 3.63) is 35.4 Å². The Morgan fingerprint density at radius 3 is 2.94 bits per heavy atom. The number of aliphatic carboxylic acids is 1. The van der Waals surface area contributed by atoms with Crippen molar-refractivity contribution in [3.8, 4) is 0 Å².